The van der Waals surface area contributed by atoms with Gasteiger partial charge in [-0.05, 0) is 81.1 Å². The highest BCUT2D eigenvalue weighted by Crippen LogP contribution is 2.35. The van der Waals surface area contributed by atoms with Gasteiger partial charge in [-0.15, -0.1) is 0 Å². The van der Waals surface area contributed by atoms with Crippen molar-refractivity contribution in [2.24, 2.45) is 0 Å². The molecule has 1 aliphatic carbocycles. The van der Waals surface area contributed by atoms with Crippen molar-refractivity contribution in [2.75, 3.05) is 21.2 Å². The van der Waals surface area contributed by atoms with Crippen molar-refractivity contribution in [1.82, 2.24) is 10.2 Å². The second kappa shape index (κ2) is 12.6. The maximum absolute atomic E-state index is 12.7. The van der Waals surface area contributed by atoms with Crippen molar-refractivity contribution in [3.63, 3.8) is 0 Å². The van der Waals surface area contributed by atoms with E-state index in [1.54, 1.807) is 13.2 Å². The predicted octanol–water partition coefficient (Wildman–Crippen LogP) is 5.89. The molecule has 0 aliphatic heterocycles. The van der Waals surface area contributed by atoms with E-state index in [0.717, 1.165) is 43.2 Å². The van der Waals surface area contributed by atoms with Crippen molar-refractivity contribution >= 4 is 12.0 Å². The molecule has 5 nitrogen and oxygen atoms in total. The standard InChI is InChI=1S/C32H38N2O3/c1-34(2)32(23-26-10-6-4-7-11-26)20-18-28(19-21-32)33-31(35)17-15-25-14-16-29(30(22-25)36-3)37-24-27-12-8-5-9-13-27/h4-17,22,28H,18-21,23-24H2,1-3H3,(H,33,35). The van der Waals surface area contributed by atoms with E-state index in [1.165, 1.54) is 5.56 Å². The number of hydrogen-bond donors (Lipinski definition) is 1. The number of carbonyl (C=O) groups excluding carboxylic acids is 1. The summed E-state index contributed by atoms with van der Waals surface area (Å²) in [5.74, 6) is 1.26. The van der Waals surface area contributed by atoms with E-state index in [2.05, 4.69) is 54.6 Å². The summed E-state index contributed by atoms with van der Waals surface area (Å²) in [6, 6.07) is 26.6. The molecule has 1 saturated carbocycles. The Morgan fingerprint density at radius 1 is 0.946 bits per heavy atom. The summed E-state index contributed by atoms with van der Waals surface area (Å²) < 4.78 is 11.5. The van der Waals surface area contributed by atoms with Gasteiger partial charge in [-0.2, -0.15) is 0 Å². The number of likely N-dealkylation sites (N-methyl/N-ethyl adjacent to an activating group) is 1. The third-order valence-corrected chi connectivity index (χ3v) is 7.44. The molecule has 0 unspecified atom stereocenters. The number of benzene rings is 3. The second-order valence-electron chi connectivity index (χ2n) is 10.1. The molecule has 0 radical (unpaired) electrons. The maximum atomic E-state index is 12.7. The lowest BCUT2D eigenvalue weighted by molar-refractivity contribution is -0.117. The number of nitrogens with one attached hydrogen (secondary N) is 1. The minimum atomic E-state index is -0.0613. The van der Waals surface area contributed by atoms with E-state index >= 15 is 0 Å². The largest absolute Gasteiger partial charge is 0.493 e. The van der Waals surface area contributed by atoms with Crippen molar-refractivity contribution in [3.05, 3.63) is 102 Å². The Labute approximate surface area is 221 Å². The van der Waals surface area contributed by atoms with Crippen LogP contribution in [0, 0.1) is 0 Å². The molecular formula is C32H38N2O3. The van der Waals surface area contributed by atoms with Gasteiger partial charge in [-0.1, -0.05) is 66.7 Å². The quantitative estimate of drug-likeness (QED) is 0.354. The van der Waals surface area contributed by atoms with Gasteiger partial charge in [0.1, 0.15) is 6.61 Å². The van der Waals surface area contributed by atoms with Crippen molar-refractivity contribution < 1.29 is 14.3 Å². The molecule has 5 heteroatoms. The lowest BCUT2D eigenvalue weighted by Gasteiger charge is -2.45. The minimum Gasteiger partial charge on any atom is -0.493 e. The summed E-state index contributed by atoms with van der Waals surface area (Å²) in [5.41, 5.74) is 3.49. The average molecular weight is 499 g/mol. The molecule has 0 heterocycles. The number of ether oxygens (including phenoxy) is 2. The summed E-state index contributed by atoms with van der Waals surface area (Å²) in [6.45, 7) is 0.469. The molecule has 0 spiro atoms. The van der Waals surface area contributed by atoms with Gasteiger partial charge in [0.05, 0.1) is 7.11 Å². The topological polar surface area (TPSA) is 50.8 Å². The van der Waals surface area contributed by atoms with Crippen LogP contribution in [0.15, 0.2) is 84.9 Å². The number of rotatable bonds is 10. The van der Waals surface area contributed by atoms with Crippen molar-refractivity contribution in [2.45, 2.75) is 50.3 Å². The molecule has 3 aromatic rings. The van der Waals surface area contributed by atoms with Gasteiger partial charge in [0.25, 0.3) is 0 Å². The second-order valence-corrected chi connectivity index (χ2v) is 10.1. The van der Waals surface area contributed by atoms with Crippen LogP contribution in [0.5, 0.6) is 11.5 Å². The highest BCUT2D eigenvalue weighted by molar-refractivity contribution is 5.92. The average Bonchev–Trinajstić information content (AvgIpc) is 2.93. The van der Waals surface area contributed by atoms with Crippen LogP contribution < -0.4 is 14.8 Å². The van der Waals surface area contributed by atoms with E-state index in [1.807, 2.05) is 54.6 Å². The molecule has 0 saturated heterocycles. The first-order chi connectivity index (χ1) is 18.0. The lowest BCUT2D eigenvalue weighted by atomic mass is 9.75. The third kappa shape index (κ3) is 7.23. The molecule has 194 valence electrons. The highest BCUT2D eigenvalue weighted by atomic mass is 16.5. The van der Waals surface area contributed by atoms with E-state index < -0.39 is 0 Å². The van der Waals surface area contributed by atoms with Crippen LogP contribution in [0.25, 0.3) is 6.08 Å². The fourth-order valence-electron chi connectivity index (χ4n) is 5.12. The fraction of sp³-hybridized carbons (Fsp3) is 0.344. The molecule has 0 atom stereocenters. The van der Waals surface area contributed by atoms with Crippen molar-refractivity contribution in [1.29, 1.82) is 0 Å². The Balaban J connectivity index is 1.30. The van der Waals surface area contributed by atoms with Crippen LogP contribution in [0.1, 0.15) is 42.4 Å². The first-order valence-corrected chi connectivity index (χ1v) is 13.0. The number of methoxy groups -OCH3 is 1. The Bertz CT molecular complexity index is 1170. The number of carbonyl (C=O) groups is 1. The Morgan fingerprint density at radius 2 is 1.59 bits per heavy atom. The Hall–Kier alpha value is -3.57. The van der Waals surface area contributed by atoms with E-state index in [0.29, 0.717) is 18.1 Å². The zero-order valence-electron chi connectivity index (χ0n) is 22.2. The summed E-state index contributed by atoms with van der Waals surface area (Å²) in [4.78, 5) is 15.1. The van der Waals surface area contributed by atoms with Gasteiger partial charge < -0.3 is 19.7 Å². The van der Waals surface area contributed by atoms with E-state index in [9.17, 15) is 4.79 Å². The summed E-state index contributed by atoms with van der Waals surface area (Å²) in [7, 11) is 5.98. The smallest absolute Gasteiger partial charge is 0.244 e. The summed E-state index contributed by atoms with van der Waals surface area (Å²) >= 11 is 0. The lowest BCUT2D eigenvalue weighted by Crippen LogP contribution is -2.51. The fourth-order valence-corrected chi connectivity index (χ4v) is 5.12. The maximum Gasteiger partial charge on any atom is 0.244 e. The molecule has 1 aliphatic rings. The Kier molecular flexibility index (Phi) is 9.02. The monoisotopic (exact) mass is 498 g/mol. The van der Waals surface area contributed by atoms with Crippen LogP contribution in [0.3, 0.4) is 0 Å². The number of nitrogens with zero attached hydrogens (tertiary/aromatic N) is 1. The zero-order valence-corrected chi connectivity index (χ0v) is 22.2. The molecule has 37 heavy (non-hydrogen) atoms. The van der Waals surface area contributed by atoms with Crippen LogP contribution >= 0.6 is 0 Å². The molecule has 3 aromatic carbocycles. The van der Waals surface area contributed by atoms with Crippen molar-refractivity contribution in [3.8, 4) is 11.5 Å². The number of amides is 1. The van der Waals surface area contributed by atoms with Gasteiger partial charge >= 0.3 is 0 Å². The molecular weight excluding hydrogens is 460 g/mol. The van der Waals surface area contributed by atoms with Gasteiger partial charge in [0.15, 0.2) is 11.5 Å². The normalized spacial score (nSPS) is 19.6. The molecule has 0 bridgehead atoms. The Morgan fingerprint density at radius 3 is 2.22 bits per heavy atom. The SMILES string of the molecule is COc1cc(C=CC(=O)NC2CCC(Cc3ccccc3)(N(C)C)CC2)ccc1OCc1ccccc1. The van der Waals surface area contributed by atoms with Crippen LogP contribution in [-0.4, -0.2) is 43.6 Å². The van der Waals surface area contributed by atoms with Gasteiger partial charge in [0.2, 0.25) is 5.91 Å². The van der Waals surface area contributed by atoms with E-state index in [4.69, 9.17) is 9.47 Å². The van der Waals surface area contributed by atoms with Crippen LogP contribution in [-0.2, 0) is 17.8 Å². The van der Waals surface area contributed by atoms with Crippen LogP contribution in [0.4, 0.5) is 0 Å². The predicted molar refractivity (Wildman–Crippen MR) is 150 cm³/mol. The molecule has 1 amide bonds. The molecule has 1 N–H and O–H groups in total. The minimum absolute atomic E-state index is 0.0613. The summed E-state index contributed by atoms with van der Waals surface area (Å²) in [6.07, 6.45) is 8.54. The highest BCUT2D eigenvalue weighted by Gasteiger charge is 2.37. The molecule has 0 aromatic heterocycles. The van der Waals surface area contributed by atoms with Crippen LogP contribution in [0.2, 0.25) is 0 Å². The molecule has 1 fully saturated rings. The number of hydrogen-bond acceptors (Lipinski definition) is 4. The van der Waals surface area contributed by atoms with Gasteiger partial charge in [0, 0.05) is 17.7 Å². The van der Waals surface area contributed by atoms with E-state index in [-0.39, 0.29) is 17.5 Å². The summed E-state index contributed by atoms with van der Waals surface area (Å²) in [5, 5.41) is 3.21. The first-order valence-electron chi connectivity index (χ1n) is 13.0. The first kappa shape index (κ1) is 26.5. The van der Waals surface area contributed by atoms with Gasteiger partial charge in [-0.3, -0.25) is 4.79 Å². The molecule has 4 rings (SSSR count). The zero-order chi connectivity index (χ0) is 26.1. The van der Waals surface area contributed by atoms with Gasteiger partial charge in [-0.25, -0.2) is 0 Å². The third-order valence-electron chi connectivity index (χ3n) is 7.44.